The zero-order valence-electron chi connectivity index (χ0n) is 16.1. The molecule has 0 fully saturated rings. The Morgan fingerprint density at radius 1 is 1.07 bits per heavy atom. The van der Waals surface area contributed by atoms with Gasteiger partial charge in [-0.25, -0.2) is 9.59 Å². The van der Waals surface area contributed by atoms with E-state index < -0.39 is 23.5 Å². The van der Waals surface area contributed by atoms with Gasteiger partial charge in [0.2, 0.25) is 5.91 Å². The lowest BCUT2D eigenvalue weighted by molar-refractivity contribution is -0.141. The number of fused-ring (bicyclic) bond motifs is 1. The van der Waals surface area contributed by atoms with E-state index in [0.29, 0.717) is 16.5 Å². The van der Waals surface area contributed by atoms with Crippen molar-refractivity contribution < 1.29 is 24.2 Å². The average Bonchev–Trinajstić information content (AvgIpc) is 2.68. The van der Waals surface area contributed by atoms with Gasteiger partial charge in [-0.1, -0.05) is 30.3 Å². The number of benzene rings is 2. The Morgan fingerprint density at radius 2 is 1.76 bits per heavy atom. The van der Waals surface area contributed by atoms with Gasteiger partial charge in [0.1, 0.15) is 17.4 Å². The minimum absolute atomic E-state index is 0.00996. The lowest BCUT2D eigenvalue weighted by atomic mass is 10.0. The van der Waals surface area contributed by atoms with E-state index in [0.717, 1.165) is 5.56 Å². The molecule has 0 radical (unpaired) electrons. The number of carboxylic acids is 1. The van der Waals surface area contributed by atoms with Crippen LogP contribution in [0, 0.1) is 13.8 Å². The zero-order valence-corrected chi connectivity index (χ0v) is 16.1. The van der Waals surface area contributed by atoms with Gasteiger partial charge in [0.05, 0.1) is 12.0 Å². The molecule has 1 amide bonds. The number of carbonyl (C=O) groups excluding carboxylic acids is 1. The standard InChI is InChI=1S/C22H21NO6/c1-12-15-8-9-18(24)13(2)20(15)29-22(28)16(12)11-19(25)23-17(21(26)27)10-14-6-4-3-5-7-14/h3-9,17,24H,10-11H2,1-2H3,(H,23,25)(H,26,27). The number of phenols is 1. The van der Waals surface area contributed by atoms with E-state index >= 15 is 0 Å². The van der Waals surface area contributed by atoms with Gasteiger partial charge in [-0.05, 0) is 37.1 Å². The number of aryl methyl sites for hydroxylation is 2. The van der Waals surface area contributed by atoms with Crippen LogP contribution in [0.25, 0.3) is 11.0 Å². The summed E-state index contributed by atoms with van der Waals surface area (Å²) in [5.41, 5.74) is 1.51. The molecular formula is C22H21NO6. The van der Waals surface area contributed by atoms with Crippen LogP contribution in [0.2, 0.25) is 0 Å². The second kappa shape index (κ2) is 8.18. The van der Waals surface area contributed by atoms with E-state index in [1.54, 1.807) is 44.2 Å². The fourth-order valence-electron chi connectivity index (χ4n) is 3.24. The molecule has 0 bridgehead atoms. The summed E-state index contributed by atoms with van der Waals surface area (Å²) in [4.78, 5) is 36.5. The summed E-state index contributed by atoms with van der Waals surface area (Å²) in [5.74, 6) is -1.73. The van der Waals surface area contributed by atoms with Crippen molar-refractivity contribution in [3.8, 4) is 5.75 Å². The van der Waals surface area contributed by atoms with Gasteiger partial charge in [-0.2, -0.15) is 0 Å². The Kier molecular flexibility index (Phi) is 5.68. The van der Waals surface area contributed by atoms with Crippen molar-refractivity contribution in [2.75, 3.05) is 0 Å². The summed E-state index contributed by atoms with van der Waals surface area (Å²) < 4.78 is 5.32. The van der Waals surface area contributed by atoms with Crippen LogP contribution >= 0.6 is 0 Å². The summed E-state index contributed by atoms with van der Waals surface area (Å²) in [6.45, 7) is 3.32. The summed E-state index contributed by atoms with van der Waals surface area (Å²) in [7, 11) is 0. The van der Waals surface area contributed by atoms with Gasteiger partial charge in [-0.15, -0.1) is 0 Å². The van der Waals surface area contributed by atoms with Gasteiger partial charge < -0.3 is 19.9 Å². The highest BCUT2D eigenvalue weighted by Gasteiger charge is 2.23. The molecule has 0 spiro atoms. The lowest BCUT2D eigenvalue weighted by Crippen LogP contribution is -2.43. The lowest BCUT2D eigenvalue weighted by Gasteiger charge is -2.15. The molecule has 3 aromatic rings. The Bertz CT molecular complexity index is 1130. The summed E-state index contributed by atoms with van der Waals surface area (Å²) in [6.07, 6.45) is -0.172. The Hall–Kier alpha value is -3.61. The van der Waals surface area contributed by atoms with Crippen LogP contribution in [0.1, 0.15) is 22.3 Å². The smallest absolute Gasteiger partial charge is 0.340 e. The molecule has 1 atom stereocenters. The maximum atomic E-state index is 12.5. The number of rotatable bonds is 6. The molecular weight excluding hydrogens is 374 g/mol. The van der Waals surface area contributed by atoms with Crippen LogP contribution in [-0.2, 0) is 22.4 Å². The average molecular weight is 395 g/mol. The first-order valence-electron chi connectivity index (χ1n) is 9.09. The van der Waals surface area contributed by atoms with E-state index in [2.05, 4.69) is 5.32 Å². The first kappa shape index (κ1) is 20.1. The fraction of sp³-hybridized carbons (Fsp3) is 0.227. The van der Waals surface area contributed by atoms with E-state index in [1.165, 1.54) is 6.07 Å². The number of hydrogen-bond donors (Lipinski definition) is 3. The third kappa shape index (κ3) is 4.29. The number of nitrogens with one attached hydrogen (secondary N) is 1. The highest BCUT2D eigenvalue weighted by atomic mass is 16.4. The largest absolute Gasteiger partial charge is 0.508 e. The minimum Gasteiger partial charge on any atom is -0.508 e. The highest BCUT2D eigenvalue weighted by Crippen LogP contribution is 2.28. The highest BCUT2D eigenvalue weighted by molar-refractivity contribution is 5.88. The number of hydrogen-bond acceptors (Lipinski definition) is 5. The second-order valence-corrected chi connectivity index (χ2v) is 6.90. The monoisotopic (exact) mass is 395 g/mol. The van der Waals surface area contributed by atoms with Gasteiger partial charge in [0.25, 0.3) is 0 Å². The molecule has 0 aliphatic rings. The van der Waals surface area contributed by atoms with Gasteiger partial charge in [0.15, 0.2) is 0 Å². The number of carbonyl (C=O) groups is 2. The zero-order chi connectivity index (χ0) is 21.1. The second-order valence-electron chi connectivity index (χ2n) is 6.90. The Balaban J connectivity index is 1.84. The maximum Gasteiger partial charge on any atom is 0.340 e. The molecule has 0 aliphatic carbocycles. The fourth-order valence-corrected chi connectivity index (χ4v) is 3.24. The summed E-state index contributed by atoms with van der Waals surface area (Å²) in [5, 5.41) is 22.3. The molecule has 3 N–H and O–H groups in total. The third-order valence-corrected chi connectivity index (χ3v) is 4.93. The van der Waals surface area contributed by atoms with E-state index in [4.69, 9.17) is 4.42 Å². The molecule has 1 unspecified atom stereocenters. The SMILES string of the molecule is Cc1c(CC(=O)NC(Cc2ccccc2)C(=O)O)c(=O)oc2c(C)c(O)ccc12. The predicted molar refractivity (Wildman–Crippen MR) is 107 cm³/mol. The van der Waals surface area contributed by atoms with Crippen molar-refractivity contribution in [3.63, 3.8) is 0 Å². The van der Waals surface area contributed by atoms with Crippen LogP contribution in [0.15, 0.2) is 51.7 Å². The van der Waals surface area contributed by atoms with Crippen molar-refractivity contribution in [2.45, 2.75) is 32.7 Å². The predicted octanol–water partition coefficient (Wildman–Crippen LogP) is 2.47. The number of amides is 1. The van der Waals surface area contributed by atoms with Crippen molar-refractivity contribution in [2.24, 2.45) is 0 Å². The molecule has 150 valence electrons. The maximum absolute atomic E-state index is 12.5. The van der Waals surface area contributed by atoms with Crippen LogP contribution in [0.3, 0.4) is 0 Å². The van der Waals surface area contributed by atoms with Crippen molar-refractivity contribution in [1.29, 1.82) is 0 Å². The van der Waals surface area contributed by atoms with E-state index in [1.807, 2.05) is 6.07 Å². The van der Waals surface area contributed by atoms with Crippen molar-refractivity contribution in [1.82, 2.24) is 5.32 Å². The van der Waals surface area contributed by atoms with Gasteiger partial charge >= 0.3 is 11.6 Å². The van der Waals surface area contributed by atoms with Crippen LogP contribution < -0.4 is 10.9 Å². The van der Waals surface area contributed by atoms with Crippen molar-refractivity contribution in [3.05, 3.63) is 75.1 Å². The molecule has 2 aromatic carbocycles. The Labute approximate surface area is 166 Å². The molecule has 1 aromatic heterocycles. The minimum atomic E-state index is -1.16. The summed E-state index contributed by atoms with van der Waals surface area (Å²) >= 11 is 0. The molecule has 0 aliphatic heterocycles. The number of aromatic hydroxyl groups is 1. The van der Waals surface area contributed by atoms with Gasteiger partial charge in [0, 0.05) is 17.4 Å². The first-order chi connectivity index (χ1) is 13.8. The van der Waals surface area contributed by atoms with E-state index in [9.17, 15) is 24.6 Å². The molecule has 29 heavy (non-hydrogen) atoms. The normalized spacial score (nSPS) is 11.9. The Morgan fingerprint density at radius 3 is 2.41 bits per heavy atom. The number of carboxylic acid groups (broad SMARTS) is 1. The molecule has 7 nitrogen and oxygen atoms in total. The van der Waals surface area contributed by atoms with Crippen LogP contribution in [-0.4, -0.2) is 28.1 Å². The third-order valence-electron chi connectivity index (χ3n) is 4.93. The van der Waals surface area contributed by atoms with Crippen molar-refractivity contribution >= 4 is 22.8 Å². The summed E-state index contributed by atoms with van der Waals surface area (Å²) in [6, 6.07) is 11.0. The van der Waals surface area contributed by atoms with E-state index in [-0.39, 0.29) is 29.7 Å². The van der Waals surface area contributed by atoms with Crippen LogP contribution in [0.4, 0.5) is 0 Å². The molecule has 1 heterocycles. The first-order valence-corrected chi connectivity index (χ1v) is 9.09. The van der Waals surface area contributed by atoms with Gasteiger partial charge in [-0.3, -0.25) is 4.79 Å². The quantitative estimate of drug-likeness (QED) is 0.552. The topological polar surface area (TPSA) is 117 Å². The molecule has 3 rings (SSSR count). The molecule has 7 heteroatoms. The number of phenolic OH excluding ortho intramolecular Hbond substituents is 1. The molecule has 0 saturated heterocycles. The van der Waals surface area contributed by atoms with Crippen LogP contribution in [0.5, 0.6) is 5.75 Å². The number of aliphatic carboxylic acids is 1. The molecule has 0 saturated carbocycles.